The van der Waals surface area contributed by atoms with Crippen molar-refractivity contribution in [2.45, 2.75) is 18.0 Å². The lowest BCUT2D eigenvalue weighted by molar-refractivity contribution is -0.128. The zero-order valence-electron chi connectivity index (χ0n) is 21.7. The van der Waals surface area contributed by atoms with Gasteiger partial charge in [0.1, 0.15) is 11.1 Å². The molecule has 3 heterocycles. The van der Waals surface area contributed by atoms with Crippen LogP contribution in [0.1, 0.15) is 44.2 Å². The number of carbonyl (C=O) groups excluding carboxylic acids is 2. The Bertz CT molecular complexity index is 1350. The molecule has 4 aromatic rings. The lowest BCUT2D eigenvalue weighted by Crippen LogP contribution is -2.49. The van der Waals surface area contributed by atoms with E-state index in [1.54, 1.807) is 18.0 Å². The van der Waals surface area contributed by atoms with Gasteiger partial charge >= 0.3 is 0 Å². The fourth-order valence-corrected chi connectivity index (χ4v) is 6.70. The first-order chi connectivity index (χ1) is 19.2. The van der Waals surface area contributed by atoms with Gasteiger partial charge in [0, 0.05) is 31.7 Å². The van der Waals surface area contributed by atoms with Crippen LogP contribution in [0.15, 0.2) is 108 Å². The number of nitrogens with zero attached hydrogens (tertiary/aromatic N) is 3. The summed E-state index contributed by atoms with van der Waals surface area (Å²) in [6, 6.07) is 32.8. The van der Waals surface area contributed by atoms with Gasteiger partial charge in [-0.05, 0) is 41.0 Å². The van der Waals surface area contributed by atoms with E-state index in [0.717, 1.165) is 24.4 Å². The molecule has 0 bridgehead atoms. The summed E-state index contributed by atoms with van der Waals surface area (Å²) in [5.74, 6) is 1.37. The van der Waals surface area contributed by atoms with Gasteiger partial charge in [0.2, 0.25) is 5.91 Å². The van der Waals surface area contributed by atoms with E-state index in [2.05, 4.69) is 53.4 Å². The van der Waals surface area contributed by atoms with Crippen molar-refractivity contribution in [1.29, 1.82) is 0 Å². The Hall–Kier alpha value is -3.81. The minimum absolute atomic E-state index is 0.0553. The maximum Gasteiger partial charge on any atom is 0.253 e. The van der Waals surface area contributed by atoms with Gasteiger partial charge in [-0.2, -0.15) is 0 Å². The fraction of sp³-hybridized carbons (Fsp3) is 0.250. The molecule has 0 radical (unpaired) electrons. The molecule has 198 valence electrons. The van der Waals surface area contributed by atoms with Gasteiger partial charge in [-0.15, -0.1) is 11.8 Å². The van der Waals surface area contributed by atoms with Gasteiger partial charge in [-0.1, -0.05) is 72.8 Å². The second-order valence-corrected chi connectivity index (χ2v) is 11.0. The minimum Gasteiger partial charge on any atom is -0.467 e. The smallest absolute Gasteiger partial charge is 0.253 e. The highest BCUT2D eigenvalue weighted by atomic mass is 32.2. The summed E-state index contributed by atoms with van der Waals surface area (Å²) in [4.78, 5) is 32.2. The van der Waals surface area contributed by atoms with Crippen LogP contribution in [0.5, 0.6) is 0 Å². The van der Waals surface area contributed by atoms with Crippen molar-refractivity contribution in [3.63, 3.8) is 0 Å². The quantitative estimate of drug-likeness (QED) is 0.307. The number of hydrogen-bond donors (Lipinski definition) is 0. The molecule has 1 atom stereocenters. The van der Waals surface area contributed by atoms with E-state index in [-0.39, 0.29) is 23.2 Å². The van der Waals surface area contributed by atoms with Gasteiger partial charge in [-0.25, -0.2) is 0 Å². The molecule has 6 nitrogen and oxygen atoms in total. The minimum atomic E-state index is -0.0804. The van der Waals surface area contributed by atoms with Gasteiger partial charge < -0.3 is 14.2 Å². The third kappa shape index (κ3) is 5.51. The molecule has 39 heavy (non-hydrogen) atoms. The molecule has 2 aliphatic rings. The van der Waals surface area contributed by atoms with Crippen LogP contribution < -0.4 is 0 Å². The van der Waals surface area contributed by atoms with E-state index in [0.29, 0.717) is 31.0 Å². The molecule has 0 aliphatic carbocycles. The van der Waals surface area contributed by atoms with E-state index in [4.69, 9.17) is 4.42 Å². The first kappa shape index (κ1) is 25.5. The Kier molecular flexibility index (Phi) is 7.52. The SMILES string of the molecule is O=C(c1ccc([C@H]2SCC(=O)N2Cc2ccco2)cc1)N1CCN(C(c2ccccc2)c2ccccc2)CC1. The molecule has 3 aromatic carbocycles. The molecular weight excluding hydrogens is 506 g/mol. The van der Waals surface area contributed by atoms with Crippen LogP contribution in [0.2, 0.25) is 0 Å². The standard InChI is InChI=1S/C32H31N3O3S/c36-29-23-39-32(35(29)22-28-12-7-21-38-28)27-15-13-26(14-16-27)31(37)34-19-17-33(18-20-34)30(24-8-3-1-4-9-24)25-10-5-2-6-11-25/h1-16,21,30,32H,17-20,22-23H2/t32-/m1/s1. The zero-order valence-corrected chi connectivity index (χ0v) is 22.5. The number of benzene rings is 3. The number of amides is 2. The highest BCUT2D eigenvalue weighted by molar-refractivity contribution is 8.00. The second kappa shape index (κ2) is 11.5. The van der Waals surface area contributed by atoms with Crippen LogP contribution in [0, 0.1) is 0 Å². The van der Waals surface area contributed by atoms with Gasteiger partial charge in [0.05, 0.1) is 24.6 Å². The van der Waals surface area contributed by atoms with E-state index < -0.39 is 0 Å². The molecule has 1 aromatic heterocycles. The summed E-state index contributed by atoms with van der Waals surface area (Å²) in [5, 5.41) is -0.0804. The molecule has 0 spiro atoms. The Labute approximate surface area is 233 Å². The molecule has 2 fully saturated rings. The number of piperazine rings is 1. The predicted molar refractivity (Wildman–Crippen MR) is 153 cm³/mol. The summed E-state index contributed by atoms with van der Waals surface area (Å²) in [6.07, 6.45) is 1.63. The van der Waals surface area contributed by atoms with Crippen molar-refractivity contribution in [3.05, 3.63) is 131 Å². The van der Waals surface area contributed by atoms with E-state index in [9.17, 15) is 9.59 Å². The summed E-state index contributed by atoms with van der Waals surface area (Å²) < 4.78 is 5.46. The normalized spacial score (nSPS) is 18.2. The Morgan fingerprint density at radius 1 is 0.821 bits per heavy atom. The molecule has 2 aliphatic heterocycles. The van der Waals surface area contributed by atoms with E-state index >= 15 is 0 Å². The summed E-state index contributed by atoms with van der Waals surface area (Å²) in [5.41, 5.74) is 4.24. The first-order valence-corrected chi connectivity index (χ1v) is 14.4. The van der Waals surface area contributed by atoms with Crippen molar-refractivity contribution >= 4 is 23.6 Å². The molecule has 6 rings (SSSR count). The van der Waals surface area contributed by atoms with E-state index in [1.807, 2.05) is 58.3 Å². The number of furan rings is 1. The molecule has 0 unspecified atom stereocenters. The maximum absolute atomic E-state index is 13.4. The Morgan fingerprint density at radius 3 is 2.05 bits per heavy atom. The fourth-order valence-electron chi connectivity index (χ4n) is 5.51. The highest BCUT2D eigenvalue weighted by Gasteiger charge is 2.34. The largest absolute Gasteiger partial charge is 0.467 e. The summed E-state index contributed by atoms with van der Waals surface area (Å²) in [6.45, 7) is 3.42. The molecule has 2 saturated heterocycles. The van der Waals surface area contributed by atoms with Crippen molar-refractivity contribution < 1.29 is 14.0 Å². The number of rotatable bonds is 7. The molecule has 7 heteroatoms. The molecular formula is C32H31N3O3S. The lowest BCUT2D eigenvalue weighted by atomic mass is 9.96. The molecule has 2 amide bonds. The van der Waals surface area contributed by atoms with Crippen molar-refractivity contribution in [3.8, 4) is 0 Å². The van der Waals surface area contributed by atoms with Crippen LogP contribution in [-0.4, -0.2) is 58.4 Å². The van der Waals surface area contributed by atoms with Gasteiger partial charge in [-0.3, -0.25) is 14.5 Å². The molecule has 0 N–H and O–H groups in total. The summed E-state index contributed by atoms with van der Waals surface area (Å²) >= 11 is 1.61. The van der Waals surface area contributed by atoms with Crippen LogP contribution in [0.3, 0.4) is 0 Å². The maximum atomic E-state index is 13.4. The first-order valence-electron chi connectivity index (χ1n) is 13.3. The Balaban J connectivity index is 1.11. The van der Waals surface area contributed by atoms with Gasteiger partial charge in [0.15, 0.2) is 0 Å². The second-order valence-electron chi connectivity index (χ2n) is 9.94. The Morgan fingerprint density at radius 2 is 1.46 bits per heavy atom. The topological polar surface area (TPSA) is 57.0 Å². The zero-order chi connectivity index (χ0) is 26.6. The van der Waals surface area contributed by atoms with Crippen LogP contribution >= 0.6 is 11.8 Å². The third-order valence-corrected chi connectivity index (χ3v) is 8.77. The average molecular weight is 538 g/mol. The van der Waals surface area contributed by atoms with Crippen molar-refractivity contribution in [1.82, 2.24) is 14.7 Å². The number of carbonyl (C=O) groups is 2. The van der Waals surface area contributed by atoms with Crippen molar-refractivity contribution in [2.75, 3.05) is 31.9 Å². The number of thioether (sulfide) groups is 1. The number of hydrogen-bond acceptors (Lipinski definition) is 5. The lowest BCUT2D eigenvalue weighted by Gasteiger charge is -2.39. The van der Waals surface area contributed by atoms with Gasteiger partial charge in [0.25, 0.3) is 5.91 Å². The predicted octanol–water partition coefficient (Wildman–Crippen LogP) is 5.60. The van der Waals surface area contributed by atoms with Crippen LogP contribution in [0.4, 0.5) is 0 Å². The highest BCUT2D eigenvalue weighted by Crippen LogP contribution is 2.39. The third-order valence-electron chi connectivity index (χ3n) is 7.51. The van der Waals surface area contributed by atoms with E-state index in [1.165, 1.54) is 11.1 Å². The van der Waals surface area contributed by atoms with Crippen LogP contribution in [0.25, 0.3) is 0 Å². The monoisotopic (exact) mass is 537 g/mol. The van der Waals surface area contributed by atoms with Crippen molar-refractivity contribution in [2.24, 2.45) is 0 Å². The summed E-state index contributed by atoms with van der Waals surface area (Å²) in [7, 11) is 0. The van der Waals surface area contributed by atoms with Crippen LogP contribution in [-0.2, 0) is 11.3 Å². The average Bonchev–Trinajstić information content (AvgIpc) is 3.64. The molecule has 0 saturated carbocycles.